The largest absolute Gasteiger partial charge is 0.392 e. The van der Waals surface area contributed by atoms with Crippen molar-refractivity contribution in [1.82, 2.24) is 10.2 Å². The molecule has 80 valence electrons. The van der Waals surface area contributed by atoms with Crippen molar-refractivity contribution in [2.24, 2.45) is 0 Å². The Morgan fingerprint density at radius 2 is 2.57 bits per heavy atom. The lowest BCUT2D eigenvalue weighted by atomic mass is 10.3. The first-order chi connectivity index (χ1) is 6.65. The van der Waals surface area contributed by atoms with E-state index in [-0.39, 0.29) is 18.1 Å². The van der Waals surface area contributed by atoms with Gasteiger partial charge in [0.25, 0.3) is 0 Å². The number of hydrogen-bond donors (Lipinski definition) is 2. The first-order valence-electron chi connectivity index (χ1n) is 4.96. The third kappa shape index (κ3) is 2.82. The van der Waals surface area contributed by atoms with Crippen LogP contribution in [0.1, 0.15) is 13.3 Å². The number of aliphatic hydroxyl groups excluding tert-OH is 1. The number of β-amino-alcohol motifs (C(OH)–C–C–N with tert-alkyl or cyclic N) is 1. The van der Waals surface area contributed by atoms with E-state index >= 15 is 0 Å². The molecule has 1 fully saturated rings. The van der Waals surface area contributed by atoms with Crippen molar-refractivity contribution in [3.63, 3.8) is 0 Å². The minimum atomic E-state index is -0.273. The van der Waals surface area contributed by atoms with Gasteiger partial charge in [-0.05, 0) is 13.3 Å². The number of nitrogens with one attached hydrogen (secondary N) is 1. The molecule has 0 bridgehead atoms. The van der Waals surface area contributed by atoms with Crippen LogP contribution in [0.3, 0.4) is 0 Å². The third-order valence-corrected chi connectivity index (χ3v) is 2.54. The van der Waals surface area contributed by atoms with E-state index in [0.717, 1.165) is 13.0 Å². The lowest BCUT2D eigenvalue weighted by molar-refractivity contribution is -0.125. The molecule has 0 aromatic rings. The van der Waals surface area contributed by atoms with Crippen LogP contribution in [0, 0.1) is 0 Å². The van der Waals surface area contributed by atoms with Gasteiger partial charge in [0.1, 0.15) is 0 Å². The van der Waals surface area contributed by atoms with E-state index < -0.39 is 0 Å². The van der Waals surface area contributed by atoms with Crippen LogP contribution < -0.4 is 5.32 Å². The molecule has 1 unspecified atom stereocenters. The Morgan fingerprint density at radius 1 is 1.86 bits per heavy atom. The predicted molar refractivity (Wildman–Crippen MR) is 54.9 cm³/mol. The molecular weight excluding hydrogens is 180 g/mol. The van der Waals surface area contributed by atoms with Gasteiger partial charge in [-0.3, -0.25) is 9.69 Å². The predicted octanol–water partition coefficient (Wildman–Crippen LogP) is -0.256. The number of nitrogens with zero attached hydrogens (tertiary/aromatic N) is 1. The Kier molecular flexibility index (Phi) is 4.10. The number of hydrogen-bond acceptors (Lipinski definition) is 3. The van der Waals surface area contributed by atoms with Crippen LogP contribution in [0.5, 0.6) is 0 Å². The summed E-state index contributed by atoms with van der Waals surface area (Å²) in [5.41, 5.74) is 0. The van der Waals surface area contributed by atoms with Gasteiger partial charge in [0.2, 0.25) is 5.91 Å². The minimum Gasteiger partial charge on any atom is -0.392 e. The lowest BCUT2D eigenvalue weighted by Crippen LogP contribution is -2.44. The first kappa shape index (κ1) is 11.2. The highest BCUT2D eigenvalue weighted by Gasteiger charge is 2.27. The molecule has 0 aliphatic carbocycles. The first-order valence-corrected chi connectivity index (χ1v) is 4.96. The molecule has 1 saturated heterocycles. The van der Waals surface area contributed by atoms with Gasteiger partial charge < -0.3 is 10.4 Å². The summed E-state index contributed by atoms with van der Waals surface area (Å²) >= 11 is 0. The van der Waals surface area contributed by atoms with Gasteiger partial charge in [0, 0.05) is 19.6 Å². The summed E-state index contributed by atoms with van der Waals surface area (Å²) < 4.78 is 0. The van der Waals surface area contributed by atoms with E-state index in [1.165, 1.54) is 0 Å². The van der Waals surface area contributed by atoms with Gasteiger partial charge >= 0.3 is 0 Å². The van der Waals surface area contributed by atoms with Crippen LogP contribution in [0.2, 0.25) is 0 Å². The molecule has 0 aromatic carbocycles. The van der Waals surface area contributed by atoms with Crippen LogP contribution in [-0.4, -0.2) is 47.7 Å². The molecule has 0 aromatic heterocycles. The summed E-state index contributed by atoms with van der Waals surface area (Å²) in [6, 6.07) is -0.160. The van der Waals surface area contributed by atoms with Gasteiger partial charge in [-0.25, -0.2) is 0 Å². The quantitative estimate of drug-likeness (QED) is 0.612. The van der Waals surface area contributed by atoms with Gasteiger partial charge in [0.15, 0.2) is 0 Å². The highest BCUT2D eigenvalue weighted by molar-refractivity contribution is 5.81. The molecule has 1 aliphatic heterocycles. The summed E-state index contributed by atoms with van der Waals surface area (Å²) in [6.07, 6.45) is 2.15. The number of carbonyl (C=O) groups excluding carboxylic acids is 1. The van der Waals surface area contributed by atoms with Crippen molar-refractivity contribution < 1.29 is 9.90 Å². The number of rotatable bonds is 4. The van der Waals surface area contributed by atoms with Crippen molar-refractivity contribution in [2.45, 2.75) is 25.5 Å². The van der Waals surface area contributed by atoms with Crippen molar-refractivity contribution >= 4 is 5.91 Å². The summed E-state index contributed by atoms with van der Waals surface area (Å²) in [5, 5.41) is 12.1. The Morgan fingerprint density at radius 3 is 3.07 bits per heavy atom. The highest BCUT2D eigenvalue weighted by atomic mass is 16.3. The Balaban J connectivity index is 2.36. The summed E-state index contributed by atoms with van der Waals surface area (Å²) in [7, 11) is 0. The van der Waals surface area contributed by atoms with Crippen molar-refractivity contribution in [2.75, 3.05) is 19.6 Å². The zero-order chi connectivity index (χ0) is 10.6. The van der Waals surface area contributed by atoms with Gasteiger partial charge in [-0.2, -0.15) is 0 Å². The summed E-state index contributed by atoms with van der Waals surface area (Å²) in [5.74, 6) is -0.000926. The van der Waals surface area contributed by atoms with E-state index in [0.29, 0.717) is 13.1 Å². The molecule has 1 heterocycles. The molecule has 0 saturated carbocycles. The maximum atomic E-state index is 11.5. The number of carbonyl (C=O) groups is 1. The fourth-order valence-electron chi connectivity index (χ4n) is 1.61. The van der Waals surface area contributed by atoms with Gasteiger partial charge in [-0.1, -0.05) is 6.08 Å². The Labute approximate surface area is 84.6 Å². The van der Waals surface area contributed by atoms with Crippen LogP contribution in [0.4, 0.5) is 0 Å². The molecule has 0 spiro atoms. The van der Waals surface area contributed by atoms with Gasteiger partial charge in [0.05, 0.1) is 12.1 Å². The van der Waals surface area contributed by atoms with E-state index in [1.54, 1.807) is 6.08 Å². The average molecular weight is 198 g/mol. The SMILES string of the molecule is C=CCNC(=O)C(C)N1CC[C@@H](O)C1. The molecule has 14 heavy (non-hydrogen) atoms. The molecule has 1 rings (SSSR count). The third-order valence-electron chi connectivity index (χ3n) is 2.54. The summed E-state index contributed by atoms with van der Waals surface area (Å²) in [4.78, 5) is 13.5. The second-order valence-electron chi connectivity index (χ2n) is 3.65. The molecular formula is C10H18N2O2. The number of likely N-dealkylation sites (tertiary alicyclic amines) is 1. The highest BCUT2D eigenvalue weighted by Crippen LogP contribution is 2.12. The van der Waals surface area contributed by atoms with Crippen LogP contribution >= 0.6 is 0 Å². The van der Waals surface area contributed by atoms with Crippen LogP contribution in [0.15, 0.2) is 12.7 Å². The van der Waals surface area contributed by atoms with E-state index in [1.807, 2.05) is 11.8 Å². The lowest BCUT2D eigenvalue weighted by Gasteiger charge is -2.22. The van der Waals surface area contributed by atoms with E-state index in [4.69, 9.17) is 0 Å². The fourth-order valence-corrected chi connectivity index (χ4v) is 1.61. The molecule has 1 aliphatic rings. The standard InChI is InChI=1S/C10H18N2O2/c1-3-5-11-10(14)8(2)12-6-4-9(13)7-12/h3,8-9,13H,1,4-7H2,2H3,(H,11,14)/t8?,9-/m1/s1. The maximum Gasteiger partial charge on any atom is 0.237 e. The number of aliphatic hydroxyl groups is 1. The number of amides is 1. The molecule has 1 amide bonds. The smallest absolute Gasteiger partial charge is 0.237 e. The van der Waals surface area contributed by atoms with E-state index in [9.17, 15) is 9.90 Å². The topological polar surface area (TPSA) is 52.6 Å². The second kappa shape index (κ2) is 5.12. The minimum absolute atomic E-state index is 0.000926. The van der Waals surface area contributed by atoms with Crippen molar-refractivity contribution in [1.29, 1.82) is 0 Å². The zero-order valence-corrected chi connectivity index (χ0v) is 8.57. The summed E-state index contributed by atoms with van der Waals surface area (Å²) in [6.45, 7) is 7.29. The monoisotopic (exact) mass is 198 g/mol. The fraction of sp³-hybridized carbons (Fsp3) is 0.700. The van der Waals surface area contributed by atoms with Crippen molar-refractivity contribution in [3.05, 3.63) is 12.7 Å². The van der Waals surface area contributed by atoms with Crippen LogP contribution in [0.25, 0.3) is 0 Å². The average Bonchev–Trinajstić information content (AvgIpc) is 2.60. The normalized spacial score (nSPS) is 24.6. The molecule has 2 N–H and O–H groups in total. The molecule has 2 atom stereocenters. The molecule has 4 nitrogen and oxygen atoms in total. The molecule has 0 radical (unpaired) electrons. The van der Waals surface area contributed by atoms with Crippen molar-refractivity contribution in [3.8, 4) is 0 Å². The molecule has 4 heteroatoms. The maximum absolute atomic E-state index is 11.5. The Hall–Kier alpha value is -0.870. The van der Waals surface area contributed by atoms with E-state index in [2.05, 4.69) is 11.9 Å². The van der Waals surface area contributed by atoms with Gasteiger partial charge in [-0.15, -0.1) is 6.58 Å². The zero-order valence-electron chi connectivity index (χ0n) is 8.57. The van der Waals surface area contributed by atoms with Crippen LogP contribution in [-0.2, 0) is 4.79 Å². The second-order valence-corrected chi connectivity index (χ2v) is 3.65. The Bertz CT molecular complexity index is 218.